The number of amides is 1. The van der Waals surface area contributed by atoms with Gasteiger partial charge in [0, 0.05) is 31.9 Å². The lowest BCUT2D eigenvalue weighted by molar-refractivity contribution is -0.135. The minimum atomic E-state index is 0.0511. The van der Waals surface area contributed by atoms with Crippen molar-refractivity contribution in [3.05, 3.63) is 29.8 Å². The van der Waals surface area contributed by atoms with E-state index in [4.69, 9.17) is 4.74 Å². The van der Waals surface area contributed by atoms with Crippen LogP contribution in [0, 0.1) is 5.92 Å². The highest BCUT2D eigenvalue weighted by atomic mass is 16.5. The minimum absolute atomic E-state index is 0.0511. The Morgan fingerprint density at radius 2 is 2.25 bits per heavy atom. The first-order valence-electron chi connectivity index (χ1n) is 7.46. The lowest BCUT2D eigenvalue weighted by atomic mass is 9.92. The molecule has 108 valence electrons. The Bertz CT molecular complexity index is 489. The molecule has 1 aromatic carbocycles. The molecule has 1 aromatic rings. The number of hydrogen-bond donors (Lipinski definition) is 1. The van der Waals surface area contributed by atoms with Gasteiger partial charge in [-0.15, -0.1) is 0 Å². The first-order valence-corrected chi connectivity index (χ1v) is 7.46. The summed E-state index contributed by atoms with van der Waals surface area (Å²) in [4.78, 5) is 14.7. The second-order valence-electron chi connectivity index (χ2n) is 5.76. The normalized spacial score (nSPS) is 26.4. The van der Waals surface area contributed by atoms with Gasteiger partial charge in [0.25, 0.3) is 0 Å². The third-order valence-corrected chi connectivity index (χ3v) is 4.14. The van der Waals surface area contributed by atoms with Gasteiger partial charge < -0.3 is 15.0 Å². The van der Waals surface area contributed by atoms with Crippen molar-refractivity contribution in [3.63, 3.8) is 0 Å². The highest BCUT2D eigenvalue weighted by Gasteiger charge is 2.29. The molecule has 0 bridgehead atoms. The van der Waals surface area contributed by atoms with Crippen molar-refractivity contribution in [1.82, 2.24) is 4.90 Å². The minimum Gasteiger partial charge on any atom is -0.384 e. The van der Waals surface area contributed by atoms with E-state index in [2.05, 4.69) is 17.4 Å². The Morgan fingerprint density at radius 3 is 3.15 bits per heavy atom. The standard InChI is InChI=1S/C16H22N2O2/c1-12-11-18(7-4-8-20-12)16(19)14-9-13-5-2-3-6-15(13)17-10-14/h2-3,5-6,12,14,17H,4,7-11H2,1H3. The van der Waals surface area contributed by atoms with Crippen LogP contribution in [-0.2, 0) is 16.0 Å². The first kappa shape index (κ1) is 13.4. The maximum absolute atomic E-state index is 12.7. The molecule has 0 radical (unpaired) electrons. The number of nitrogens with one attached hydrogen (secondary N) is 1. The molecule has 20 heavy (non-hydrogen) atoms. The zero-order chi connectivity index (χ0) is 13.9. The number of para-hydroxylation sites is 1. The number of carbonyl (C=O) groups excluding carboxylic acids is 1. The predicted molar refractivity (Wildman–Crippen MR) is 78.7 cm³/mol. The lowest BCUT2D eigenvalue weighted by Gasteiger charge is -2.31. The molecule has 3 rings (SSSR count). The fraction of sp³-hybridized carbons (Fsp3) is 0.562. The van der Waals surface area contributed by atoms with E-state index in [0.717, 1.165) is 39.1 Å². The summed E-state index contributed by atoms with van der Waals surface area (Å²) >= 11 is 0. The van der Waals surface area contributed by atoms with Gasteiger partial charge >= 0.3 is 0 Å². The summed E-state index contributed by atoms with van der Waals surface area (Å²) in [6, 6.07) is 8.25. The molecule has 2 aliphatic heterocycles. The van der Waals surface area contributed by atoms with Crippen LogP contribution < -0.4 is 5.32 Å². The maximum Gasteiger partial charge on any atom is 0.227 e. The van der Waals surface area contributed by atoms with Crippen molar-refractivity contribution in [2.24, 2.45) is 5.92 Å². The molecule has 2 unspecified atom stereocenters. The number of nitrogens with zero attached hydrogens (tertiary/aromatic N) is 1. The summed E-state index contributed by atoms with van der Waals surface area (Å²) in [5.74, 6) is 0.319. The highest BCUT2D eigenvalue weighted by molar-refractivity contribution is 5.81. The SMILES string of the molecule is CC1CN(C(=O)C2CNc3ccccc3C2)CCCO1. The van der Waals surface area contributed by atoms with Crippen LogP contribution in [0.3, 0.4) is 0 Å². The topological polar surface area (TPSA) is 41.6 Å². The van der Waals surface area contributed by atoms with E-state index in [0.29, 0.717) is 0 Å². The lowest BCUT2D eigenvalue weighted by Crippen LogP contribution is -2.43. The summed E-state index contributed by atoms with van der Waals surface area (Å²) in [7, 11) is 0. The van der Waals surface area contributed by atoms with E-state index < -0.39 is 0 Å². The van der Waals surface area contributed by atoms with E-state index in [-0.39, 0.29) is 17.9 Å². The molecule has 2 heterocycles. The quantitative estimate of drug-likeness (QED) is 0.850. The Hall–Kier alpha value is -1.55. The van der Waals surface area contributed by atoms with Crippen molar-refractivity contribution in [3.8, 4) is 0 Å². The van der Waals surface area contributed by atoms with Gasteiger partial charge in [-0.1, -0.05) is 18.2 Å². The van der Waals surface area contributed by atoms with Crippen LogP contribution in [0.15, 0.2) is 24.3 Å². The fourth-order valence-electron chi connectivity index (χ4n) is 3.07. The fourth-order valence-corrected chi connectivity index (χ4v) is 3.07. The van der Waals surface area contributed by atoms with Crippen molar-refractivity contribution in [2.45, 2.75) is 25.9 Å². The Morgan fingerprint density at radius 1 is 1.40 bits per heavy atom. The van der Waals surface area contributed by atoms with Crippen LogP contribution >= 0.6 is 0 Å². The molecule has 4 nitrogen and oxygen atoms in total. The predicted octanol–water partition coefficient (Wildman–Crippen LogP) is 1.91. The van der Waals surface area contributed by atoms with Gasteiger partial charge in [-0.2, -0.15) is 0 Å². The summed E-state index contributed by atoms with van der Waals surface area (Å²) in [5, 5.41) is 3.38. The molecule has 4 heteroatoms. The monoisotopic (exact) mass is 274 g/mol. The van der Waals surface area contributed by atoms with Gasteiger partial charge in [-0.3, -0.25) is 4.79 Å². The number of benzene rings is 1. The molecule has 0 spiro atoms. The summed E-state index contributed by atoms with van der Waals surface area (Å²) in [5.41, 5.74) is 2.42. The van der Waals surface area contributed by atoms with E-state index >= 15 is 0 Å². The number of carbonyl (C=O) groups is 1. The van der Waals surface area contributed by atoms with Crippen LogP contribution in [0.5, 0.6) is 0 Å². The van der Waals surface area contributed by atoms with Crippen LogP contribution in [0.25, 0.3) is 0 Å². The molecule has 0 saturated carbocycles. The molecule has 1 saturated heterocycles. The van der Waals surface area contributed by atoms with Crippen molar-refractivity contribution in [1.29, 1.82) is 0 Å². The zero-order valence-electron chi connectivity index (χ0n) is 12.0. The van der Waals surface area contributed by atoms with E-state index in [1.807, 2.05) is 24.0 Å². The second-order valence-corrected chi connectivity index (χ2v) is 5.76. The highest BCUT2D eigenvalue weighted by Crippen LogP contribution is 2.25. The van der Waals surface area contributed by atoms with Crippen LogP contribution in [0.1, 0.15) is 18.9 Å². The molecule has 2 aliphatic rings. The van der Waals surface area contributed by atoms with Crippen LogP contribution in [0.2, 0.25) is 0 Å². The maximum atomic E-state index is 12.7. The van der Waals surface area contributed by atoms with Crippen LogP contribution in [-0.4, -0.2) is 43.2 Å². The number of hydrogen-bond acceptors (Lipinski definition) is 3. The third kappa shape index (κ3) is 2.80. The van der Waals surface area contributed by atoms with Gasteiger partial charge in [-0.05, 0) is 31.4 Å². The average molecular weight is 274 g/mol. The molecule has 1 N–H and O–H groups in total. The van der Waals surface area contributed by atoms with Crippen molar-refractivity contribution >= 4 is 11.6 Å². The molecule has 2 atom stereocenters. The smallest absolute Gasteiger partial charge is 0.227 e. The van der Waals surface area contributed by atoms with Gasteiger partial charge in [-0.25, -0.2) is 0 Å². The number of fused-ring (bicyclic) bond motifs is 1. The molecular weight excluding hydrogens is 252 g/mol. The molecular formula is C16H22N2O2. The molecule has 1 amide bonds. The molecule has 1 fully saturated rings. The summed E-state index contributed by atoms with van der Waals surface area (Å²) < 4.78 is 5.62. The summed E-state index contributed by atoms with van der Waals surface area (Å²) in [6.07, 6.45) is 1.92. The van der Waals surface area contributed by atoms with Gasteiger partial charge in [0.15, 0.2) is 0 Å². The molecule has 0 aliphatic carbocycles. The van der Waals surface area contributed by atoms with Crippen LogP contribution in [0.4, 0.5) is 5.69 Å². The number of rotatable bonds is 1. The van der Waals surface area contributed by atoms with Gasteiger partial charge in [0.2, 0.25) is 5.91 Å². The third-order valence-electron chi connectivity index (χ3n) is 4.14. The Balaban J connectivity index is 1.69. The van der Waals surface area contributed by atoms with Gasteiger partial charge in [0.1, 0.15) is 0 Å². The number of ether oxygens (including phenoxy) is 1. The largest absolute Gasteiger partial charge is 0.384 e. The average Bonchev–Trinajstić information content (AvgIpc) is 2.70. The zero-order valence-corrected chi connectivity index (χ0v) is 12.0. The Kier molecular flexibility index (Phi) is 3.92. The number of anilines is 1. The van der Waals surface area contributed by atoms with Crippen molar-refractivity contribution in [2.75, 3.05) is 31.6 Å². The Labute approximate surface area is 120 Å². The first-order chi connectivity index (χ1) is 9.74. The molecule has 0 aromatic heterocycles. The van der Waals surface area contributed by atoms with E-state index in [1.54, 1.807) is 0 Å². The van der Waals surface area contributed by atoms with Crippen molar-refractivity contribution < 1.29 is 9.53 Å². The summed E-state index contributed by atoms with van der Waals surface area (Å²) in [6.45, 7) is 5.08. The van der Waals surface area contributed by atoms with Gasteiger partial charge in [0.05, 0.1) is 12.0 Å². The van der Waals surface area contributed by atoms with E-state index in [9.17, 15) is 4.79 Å². The second kappa shape index (κ2) is 5.83. The van der Waals surface area contributed by atoms with E-state index in [1.165, 1.54) is 11.3 Å².